The summed E-state index contributed by atoms with van der Waals surface area (Å²) in [5.74, 6) is 1.28. The summed E-state index contributed by atoms with van der Waals surface area (Å²) in [5.41, 5.74) is 0.360. The van der Waals surface area contributed by atoms with E-state index < -0.39 is 10.0 Å². The highest BCUT2D eigenvalue weighted by molar-refractivity contribution is 7.89. The van der Waals surface area contributed by atoms with Crippen molar-refractivity contribution >= 4 is 20.9 Å². The average Bonchev–Trinajstić information content (AvgIpc) is 3.18. The number of hydrogen-bond donors (Lipinski definition) is 1. The molecule has 2 N–H and O–H groups in total. The lowest BCUT2D eigenvalue weighted by Crippen LogP contribution is -2.13. The van der Waals surface area contributed by atoms with Crippen molar-refractivity contribution in [2.24, 2.45) is 11.1 Å². The van der Waals surface area contributed by atoms with E-state index in [1.807, 2.05) is 0 Å². The number of sulfonamides is 1. The van der Waals surface area contributed by atoms with Crippen molar-refractivity contribution in [2.45, 2.75) is 17.7 Å². The predicted octanol–water partition coefficient (Wildman–Crippen LogP) is 1.67. The predicted molar refractivity (Wildman–Crippen MR) is 71.3 cm³/mol. The molecule has 1 aromatic heterocycles. The largest absolute Gasteiger partial charge is 0.493 e. The second-order valence-electron chi connectivity index (χ2n) is 4.76. The van der Waals surface area contributed by atoms with Gasteiger partial charge in [0.25, 0.3) is 0 Å². The van der Waals surface area contributed by atoms with Gasteiger partial charge >= 0.3 is 0 Å². The molecule has 19 heavy (non-hydrogen) atoms. The minimum absolute atomic E-state index is 0.0295. The molecule has 100 valence electrons. The molecule has 0 saturated heterocycles. The lowest BCUT2D eigenvalue weighted by Gasteiger charge is -2.10. The van der Waals surface area contributed by atoms with Crippen LogP contribution in [0.2, 0.25) is 0 Å². The Morgan fingerprint density at radius 1 is 1.32 bits per heavy atom. The first-order chi connectivity index (χ1) is 9.05. The highest BCUT2D eigenvalue weighted by atomic mass is 32.2. The number of fused-ring (bicyclic) bond motifs is 1. The third-order valence-electron chi connectivity index (χ3n) is 3.17. The third-order valence-corrected chi connectivity index (χ3v) is 4.11. The number of rotatable bonds is 4. The topological polar surface area (TPSA) is 82.3 Å². The zero-order chi connectivity index (χ0) is 13.5. The van der Waals surface area contributed by atoms with Gasteiger partial charge in [-0.25, -0.2) is 13.6 Å². The Kier molecular flexibility index (Phi) is 2.91. The lowest BCUT2D eigenvalue weighted by atomic mass is 10.2. The van der Waals surface area contributed by atoms with Crippen molar-refractivity contribution in [3.8, 4) is 5.75 Å². The third kappa shape index (κ3) is 2.54. The van der Waals surface area contributed by atoms with E-state index in [9.17, 15) is 8.42 Å². The van der Waals surface area contributed by atoms with Gasteiger partial charge in [-0.05, 0) is 43.0 Å². The van der Waals surface area contributed by atoms with Crippen LogP contribution in [0.4, 0.5) is 0 Å². The second kappa shape index (κ2) is 4.47. The Hall–Kier alpha value is -1.66. The SMILES string of the molecule is NS(=O)(=O)c1ccc(OCC2CC2)c2cccnc12. The molecule has 3 rings (SSSR count). The molecule has 1 fully saturated rings. The van der Waals surface area contributed by atoms with E-state index in [2.05, 4.69) is 4.98 Å². The fourth-order valence-electron chi connectivity index (χ4n) is 1.97. The zero-order valence-corrected chi connectivity index (χ0v) is 11.1. The molecule has 0 radical (unpaired) electrons. The number of ether oxygens (including phenoxy) is 1. The molecule has 0 amide bonds. The van der Waals surface area contributed by atoms with Crippen molar-refractivity contribution in [1.29, 1.82) is 0 Å². The number of pyridine rings is 1. The molecule has 2 aromatic rings. The molecule has 0 unspecified atom stereocenters. The van der Waals surface area contributed by atoms with Gasteiger partial charge in [-0.1, -0.05) is 0 Å². The van der Waals surface area contributed by atoms with Gasteiger partial charge in [0, 0.05) is 11.6 Å². The fraction of sp³-hybridized carbons (Fsp3) is 0.308. The second-order valence-corrected chi connectivity index (χ2v) is 6.29. The Morgan fingerprint density at radius 3 is 2.79 bits per heavy atom. The van der Waals surface area contributed by atoms with Crippen LogP contribution in [0.3, 0.4) is 0 Å². The normalized spacial score (nSPS) is 15.6. The van der Waals surface area contributed by atoms with Crippen molar-refractivity contribution in [1.82, 2.24) is 4.98 Å². The molecular formula is C13H14N2O3S. The summed E-state index contributed by atoms with van der Waals surface area (Å²) in [5, 5.41) is 5.87. The van der Waals surface area contributed by atoms with E-state index in [1.165, 1.54) is 18.9 Å². The first-order valence-corrected chi connectivity index (χ1v) is 7.63. The maximum Gasteiger partial charge on any atom is 0.240 e. The highest BCUT2D eigenvalue weighted by Crippen LogP contribution is 2.33. The molecule has 0 bridgehead atoms. The molecule has 1 aromatic carbocycles. The standard InChI is InChI=1S/C13H14N2O3S/c14-19(16,17)12-6-5-11(18-8-9-3-4-9)10-2-1-7-15-13(10)12/h1-2,5-7,9H,3-4,8H2,(H2,14,16,17). The minimum atomic E-state index is -3.78. The van der Waals surface area contributed by atoms with E-state index in [-0.39, 0.29) is 4.90 Å². The quantitative estimate of drug-likeness (QED) is 0.922. The summed E-state index contributed by atoms with van der Waals surface area (Å²) in [6.45, 7) is 0.665. The van der Waals surface area contributed by atoms with Crippen LogP contribution in [0.5, 0.6) is 5.75 Å². The summed E-state index contributed by atoms with van der Waals surface area (Å²) < 4.78 is 28.8. The lowest BCUT2D eigenvalue weighted by molar-refractivity contribution is 0.303. The number of benzene rings is 1. The van der Waals surface area contributed by atoms with Gasteiger partial charge in [0.2, 0.25) is 10.0 Å². The maximum absolute atomic E-state index is 11.5. The number of nitrogens with zero attached hydrogens (tertiary/aromatic N) is 1. The van der Waals surface area contributed by atoms with E-state index in [1.54, 1.807) is 24.4 Å². The molecule has 0 aliphatic heterocycles. The van der Waals surface area contributed by atoms with Gasteiger partial charge < -0.3 is 4.74 Å². The van der Waals surface area contributed by atoms with E-state index in [0.717, 1.165) is 0 Å². The van der Waals surface area contributed by atoms with Crippen LogP contribution in [-0.4, -0.2) is 20.0 Å². The van der Waals surface area contributed by atoms with Gasteiger partial charge in [0.05, 0.1) is 12.1 Å². The monoisotopic (exact) mass is 278 g/mol. The number of aromatic nitrogens is 1. The van der Waals surface area contributed by atoms with Crippen molar-refractivity contribution < 1.29 is 13.2 Å². The van der Waals surface area contributed by atoms with Gasteiger partial charge in [0.1, 0.15) is 10.6 Å². The molecule has 5 nitrogen and oxygen atoms in total. The van der Waals surface area contributed by atoms with Crippen LogP contribution in [0.25, 0.3) is 10.9 Å². The van der Waals surface area contributed by atoms with Crippen LogP contribution >= 0.6 is 0 Å². The molecule has 1 aliphatic carbocycles. The van der Waals surface area contributed by atoms with Crippen molar-refractivity contribution in [3.63, 3.8) is 0 Å². The molecule has 1 aliphatic rings. The number of hydrogen-bond acceptors (Lipinski definition) is 4. The van der Waals surface area contributed by atoms with Gasteiger partial charge in [-0.15, -0.1) is 0 Å². The van der Waals surface area contributed by atoms with Crippen molar-refractivity contribution in [3.05, 3.63) is 30.5 Å². The first-order valence-electron chi connectivity index (χ1n) is 6.09. The summed E-state index contributed by atoms with van der Waals surface area (Å²) in [7, 11) is -3.78. The van der Waals surface area contributed by atoms with Crippen LogP contribution in [0.15, 0.2) is 35.4 Å². The summed E-state index contributed by atoms with van der Waals surface area (Å²) in [4.78, 5) is 4.14. The molecular weight excluding hydrogens is 264 g/mol. The van der Waals surface area contributed by atoms with Crippen LogP contribution in [0, 0.1) is 5.92 Å². The Bertz CT molecular complexity index is 724. The minimum Gasteiger partial charge on any atom is -0.493 e. The van der Waals surface area contributed by atoms with Gasteiger partial charge in [-0.3, -0.25) is 4.98 Å². The van der Waals surface area contributed by atoms with Crippen LogP contribution in [0.1, 0.15) is 12.8 Å². The molecule has 6 heteroatoms. The molecule has 0 spiro atoms. The molecule has 1 saturated carbocycles. The first kappa shape index (κ1) is 12.4. The summed E-state index contributed by atoms with van der Waals surface area (Å²) >= 11 is 0. The average molecular weight is 278 g/mol. The van der Waals surface area contributed by atoms with E-state index in [0.29, 0.717) is 29.2 Å². The Labute approximate surface area is 111 Å². The maximum atomic E-state index is 11.5. The Morgan fingerprint density at radius 2 is 2.11 bits per heavy atom. The smallest absolute Gasteiger partial charge is 0.240 e. The fourth-order valence-corrected chi connectivity index (χ4v) is 2.66. The van der Waals surface area contributed by atoms with E-state index in [4.69, 9.17) is 9.88 Å². The van der Waals surface area contributed by atoms with Crippen molar-refractivity contribution in [2.75, 3.05) is 6.61 Å². The summed E-state index contributed by atoms with van der Waals surface area (Å²) in [6, 6.07) is 6.64. The summed E-state index contributed by atoms with van der Waals surface area (Å²) in [6.07, 6.45) is 3.94. The van der Waals surface area contributed by atoms with Crippen LogP contribution in [-0.2, 0) is 10.0 Å². The number of nitrogens with two attached hydrogens (primary N) is 1. The zero-order valence-electron chi connectivity index (χ0n) is 10.2. The number of primary sulfonamides is 1. The Balaban J connectivity index is 2.10. The van der Waals surface area contributed by atoms with Gasteiger partial charge in [-0.2, -0.15) is 0 Å². The highest BCUT2D eigenvalue weighted by Gasteiger charge is 2.23. The molecule has 0 atom stereocenters. The van der Waals surface area contributed by atoms with E-state index >= 15 is 0 Å². The van der Waals surface area contributed by atoms with Crippen LogP contribution < -0.4 is 9.88 Å². The molecule has 1 heterocycles. The van der Waals surface area contributed by atoms with Gasteiger partial charge in [0.15, 0.2) is 0 Å².